The second kappa shape index (κ2) is 9.29. The Kier molecular flexibility index (Phi) is 6.65. The zero-order valence-electron chi connectivity index (χ0n) is 18.4. The third kappa shape index (κ3) is 4.31. The Morgan fingerprint density at radius 2 is 1.53 bits per heavy atom. The molecule has 0 unspecified atom stereocenters. The first-order chi connectivity index (χ1) is 15.3. The van der Waals surface area contributed by atoms with E-state index in [1.54, 1.807) is 4.57 Å². The van der Waals surface area contributed by atoms with Gasteiger partial charge >= 0.3 is 0 Å². The topological polar surface area (TPSA) is 70.5 Å². The lowest BCUT2D eigenvalue weighted by atomic mass is 10.2. The van der Waals surface area contributed by atoms with E-state index < -0.39 is 0 Å². The number of para-hydroxylation sites is 1. The van der Waals surface area contributed by atoms with Crippen molar-refractivity contribution in [2.75, 3.05) is 0 Å². The summed E-state index contributed by atoms with van der Waals surface area (Å²) in [6, 6.07) is 7.43. The zero-order valence-corrected chi connectivity index (χ0v) is 20.7. The number of aryl methyl sites for hydroxylation is 3. The summed E-state index contributed by atoms with van der Waals surface area (Å²) in [5.74, 6) is 0.511. The van der Waals surface area contributed by atoms with Crippen molar-refractivity contribution >= 4 is 45.9 Å². The second-order valence-electron chi connectivity index (χ2n) is 7.69. The normalized spacial score (nSPS) is 11.6. The molecule has 1 aromatic carbocycles. The van der Waals surface area contributed by atoms with Crippen molar-refractivity contribution in [1.29, 1.82) is 0 Å². The van der Waals surface area contributed by atoms with Gasteiger partial charge in [0.1, 0.15) is 0 Å². The Bertz CT molecular complexity index is 1360. The average Bonchev–Trinajstić information content (AvgIpc) is 3.17. The Morgan fingerprint density at radius 3 is 2.16 bits per heavy atom. The summed E-state index contributed by atoms with van der Waals surface area (Å²) in [5.41, 5.74) is 4.08. The van der Waals surface area contributed by atoms with Crippen LogP contribution < -0.4 is 5.56 Å². The van der Waals surface area contributed by atoms with E-state index in [0.717, 1.165) is 29.2 Å². The van der Waals surface area contributed by atoms with E-state index in [9.17, 15) is 4.79 Å². The molecule has 0 saturated carbocycles. The van der Waals surface area contributed by atoms with Crippen molar-refractivity contribution in [2.45, 2.75) is 58.2 Å². The molecule has 0 aliphatic rings. The van der Waals surface area contributed by atoms with Crippen LogP contribution >= 0.6 is 35.0 Å². The lowest BCUT2D eigenvalue weighted by Gasteiger charge is -2.14. The third-order valence-corrected chi connectivity index (χ3v) is 7.52. The minimum atomic E-state index is -0.0455. The van der Waals surface area contributed by atoms with Crippen LogP contribution in [0.15, 0.2) is 34.2 Å². The molecular formula is C22H24Cl2N6OS. The summed E-state index contributed by atoms with van der Waals surface area (Å²) < 4.78 is 5.47. The van der Waals surface area contributed by atoms with Crippen LogP contribution in [-0.2, 0) is 19.0 Å². The van der Waals surface area contributed by atoms with E-state index in [-0.39, 0.29) is 5.56 Å². The molecule has 0 N–H and O–H groups in total. The molecule has 32 heavy (non-hydrogen) atoms. The van der Waals surface area contributed by atoms with Crippen LogP contribution in [0.25, 0.3) is 10.9 Å². The van der Waals surface area contributed by atoms with Crippen molar-refractivity contribution in [3.63, 3.8) is 0 Å². The summed E-state index contributed by atoms with van der Waals surface area (Å²) in [6.07, 6.45) is 0.720. The molecule has 168 valence electrons. The van der Waals surface area contributed by atoms with Crippen LogP contribution in [0.1, 0.15) is 29.2 Å². The van der Waals surface area contributed by atoms with Crippen LogP contribution in [0, 0.1) is 27.7 Å². The van der Waals surface area contributed by atoms with Gasteiger partial charge in [0.15, 0.2) is 5.16 Å². The number of benzene rings is 1. The average molecular weight is 491 g/mol. The van der Waals surface area contributed by atoms with E-state index >= 15 is 0 Å². The highest BCUT2D eigenvalue weighted by Gasteiger charge is 2.15. The van der Waals surface area contributed by atoms with Crippen molar-refractivity contribution in [3.05, 3.63) is 67.4 Å². The predicted octanol–water partition coefficient (Wildman–Crippen LogP) is 5.17. The van der Waals surface area contributed by atoms with Gasteiger partial charge < -0.3 is 0 Å². The highest BCUT2D eigenvalue weighted by Crippen LogP contribution is 2.25. The molecule has 0 spiro atoms. The van der Waals surface area contributed by atoms with Crippen molar-refractivity contribution in [2.24, 2.45) is 0 Å². The summed E-state index contributed by atoms with van der Waals surface area (Å²) >= 11 is 14.0. The smallest absolute Gasteiger partial charge is 0.262 e. The second-order valence-corrected chi connectivity index (χ2v) is 9.36. The standard InChI is InChI=1S/C22H24Cl2N6OS/c1-13-19(23)15(3)29(26-13)11-7-10-28-21(31)17-8-5-6-9-18(17)25-22(28)32-12-30-16(4)20(24)14(2)27-30/h5-6,8-9H,7,10-12H2,1-4H3. The summed E-state index contributed by atoms with van der Waals surface area (Å²) in [5, 5.41) is 11.6. The fourth-order valence-corrected chi connectivity index (χ4v) is 4.90. The number of aromatic nitrogens is 6. The maximum Gasteiger partial charge on any atom is 0.262 e. The highest BCUT2D eigenvalue weighted by molar-refractivity contribution is 7.98. The highest BCUT2D eigenvalue weighted by atomic mass is 35.5. The first-order valence-electron chi connectivity index (χ1n) is 10.3. The van der Waals surface area contributed by atoms with Crippen LogP contribution in [0.5, 0.6) is 0 Å². The van der Waals surface area contributed by atoms with Gasteiger partial charge in [-0.15, -0.1) is 0 Å². The lowest BCUT2D eigenvalue weighted by molar-refractivity contribution is 0.487. The summed E-state index contributed by atoms with van der Waals surface area (Å²) in [4.78, 5) is 18.1. The lowest BCUT2D eigenvalue weighted by Crippen LogP contribution is -2.24. The van der Waals surface area contributed by atoms with Crippen molar-refractivity contribution in [3.8, 4) is 0 Å². The molecule has 0 bridgehead atoms. The number of hydrogen-bond acceptors (Lipinski definition) is 5. The van der Waals surface area contributed by atoms with Gasteiger partial charge in [0.05, 0.1) is 49.6 Å². The fourth-order valence-electron chi connectivity index (χ4n) is 3.65. The van der Waals surface area contributed by atoms with Crippen LogP contribution in [-0.4, -0.2) is 29.1 Å². The first kappa shape index (κ1) is 22.9. The number of rotatable bonds is 7. The molecule has 0 aliphatic heterocycles. The number of hydrogen-bond donors (Lipinski definition) is 0. The van der Waals surface area contributed by atoms with Crippen molar-refractivity contribution < 1.29 is 0 Å². The number of nitrogens with zero attached hydrogens (tertiary/aromatic N) is 6. The van der Waals surface area contributed by atoms with E-state index in [1.165, 1.54) is 11.8 Å². The molecule has 0 aliphatic carbocycles. The van der Waals surface area contributed by atoms with Gasteiger partial charge in [0.2, 0.25) is 0 Å². The number of halogens is 2. The molecule has 4 aromatic rings. The van der Waals surface area contributed by atoms with E-state index in [0.29, 0.717) is 45.1 Å². The van der Waals surface area contributed by atoms with Crippen LogP contribution in [0.3, 0.4) is 0 Å². The van der Waals surface area contributed by atoms with E-state index in [4.69, 9.17) is 28.2 Å². The van der Waals surface area contributed by atoms with Crippen molar-refractivity contribution in [1.82, 2.24) is 29.1 Å². The largest absolute Gasteiger partial charge is 0.287 e. The Hall–Kier alpha value is -2.29. The minimum Gasteiger partial charge on any atom is -0.287 e. The number of fused-ring (bicyclic) bond motifs is 1. The monoisotopic (exact) mass is 490 g/mol. The molecule has 0 saturated heterocycles. The van der Waals surface area contributed by atoms with Gasteiger partial charge in [0.25, 0.3) is 5.56 Å². The van der Waals surface area contributed by atoms with Gasteiger partial charge in [0, 0.05) is 13.1 Å². The molecule has 0 amide bonds. The van der Waals surface area contributed by atoms with Crippen LogP contribution in [0.4, 0.5) is 0 Å². The zero-order chi connectivity index (χ0) is 23.0. The van der Waals surface area contributed by atoms with Gasteiger partial charge in [-0.25, -0.2) is 4.98 Å². The van der Waals surface area contributed by atoms with Gasteiger partial charge in [-0.2, -0.15) is 10.2 Å². The summed E-state index contributed by atoms with van der Waals surface area (Å²) in [7, 11) is 0. The Balaban J connectivity index is 1.61. The molecule has 0 atom stereocenters. The SMILES string of the molecule is Cc1nn(CCCn2c(SCn3nc(C)c(Cl)c3C)nc3ccccc3c2=O)c(C)c1Cl. The number of thioether (sulfide) groups is 1. The quantitative estimate of drug-likeness (QED) is 0.264. The Labute approximate surface area is 200 Å². The Morgan fingerprint density at radius 1 is 0.906 bits per heavy atom. The molecule has 10 heteroatoms. The minimum absolute atomic E-state index is 0.0455. The molecule has 3 heterocycles. The maximum absolute atomic E-state index is 13.3. The van der Waals surface area contributed by atoms with Crippen LogP contribution in [0.2, 0.25) is 10.0 Å². The first-order valence-corrected chi connectivity index (χ1v) is 12.0. The molecular weight excluding hydrogens is 467 g/mol. The molecule has 7 nitrogen and oxygen atoms in total. The van der Waals surface area contributed by atoms with Gasteiger partial charge in [-0.1, -0.05) is 47.1 Å². The molecule has 4 rings (SSSR count). The van der Waals surface area contributed by atoms with E-state index in [1.807, 2.05) is 61.3 Å². The maximum atomic E-state index is 13.3. The molecule has 3 aromatic heterocycles. The van der Waals surface area contributed by atoms with Gasteiger partial charge in [-0.05, 0) is 46.2 Å². The fraction of sp³-hybridized carbons (Fsp3) is 0.364. The molecule has 0 radical (unpaired) electrons. The van der Waals surface area contributed by atoms with E-state index in [2.05, 4.69) is 10.2 Å². The van der Waals surface area contributed by atoms with Gasteiger partial charge in [-0.3, -0.25) is 18.7 Å². The third-order valence-electron chi connectivity index (χ3n) is 5.48. The predicted molar refractivity (Wildman–Crippen MR) is 130 cm³/mol. The molecule has 0 fully saturated rings. The summed E-state index contributed by atoms with van der Waals surface area (Å²) in [6.45, 7) is 8.84.